The Bertz CT molecular complexity index is 599. The lowest BCUT2D eigenvalue weighted by Crippen LogP contribution is -2.51. The van der Waals surface area contributed by atoms with E-state index in [1.165, 1.54) is 12.1 Å². The number of imide groups is 1. The highest BCUT2D eigenvalue weighted by Crippen LogP contribution is 2.29. The van der Waals surface area contributed by atoms with E-state index < -0.39 is 17.4 Å². The van der Waals surface area contributed by atoms with Crippen LogP contribution in [-0.2, 0) is 16.1 Å². The standard InChI is InChI=1S/C14H16FN3O3/c15-11-7-10(16)2-1-9(11)8-18-12(19)14(17-13(18)20)3-5-21-6-4-14/h1-2,7H,3-6,8,16H2,(H,17,20). The van der Waals surface area contributed by atoms with Gasteiger partial charge < -0.3 is 15.8 Å². The van der Waals surface area contributed by atoms with E-state index in [1.807, 2.05) is 0 Å². The maximum absolute atomic E-state index is 13.8. The molecule has 3 N–H and O–H groups in total. The van der Waals surface area contributed by atoms with Crippen molar-refractivity contribution in [2.45, 2.75) is 24.9 Å². The van der Waals surface area contributed by atoms with Gasteiger partial charge in [-0.3, -0.25) is 9.69 Å². The van der Waals surface area contributed by atoms with E-state index in [2.05, 4.69) is 5.32 Å². The normalized spacial score (nSPS) is 20.9. The van der Waals surface area contributed by atoms with Crippen LogP contribution in [0.5, 0.6) is 0 Å². The summed E-state index contributed by atoms with van der Waals surface area (Å²) < 4.78 is 19.1. The fourth-order valence-electron chi connectivity index (χ4n) is 2.74. The Morgan fingerprint density at radius 3 is 2.71 bits per heavy atom. The number of nitrogens with two attached hydrogens (primary N) is 1. The van der Waals surface area contributed by atoms with Gasteiger partial charge in [0.15, 0.2) is 0 Å². The molecule has 2 fully saturated rings. The number of hydrogen-bond acceptors (Lipinski definition) is 4. The fourth-order valence-corrected chi connectivity index (χ4v) is 2.74. The molecule has 1 spiro atoms. The summed E-state index contributed by atoms with van der Waals surface area (Å²) in [5.74, 6) is -0.837. The molecule has 0 saturated carbocycles. The zero-order valence-corrected chi connectivity index (χ0v) is 11.4. The van der Waals surface area contributed by atoms with E-state index in [4.69, 9.17) is 10.5 Å². The zero-order chi connectivity index (χ0) is 15.0. The first-order chi connectivity index (χ1) is 10.0. The van der Waals surface area contributed by atoms with Crippen LogP contribution < -0.4 is 11.1 Å². The number of ether oxygens (including phenoxy) is 1. The largest absolute Gasteiger partial charge is 0.399 e. The molecule has 2 aliphatic rings. The third-order valence-electron chi connectivity index (χ3n) is 4.00. The number of hydrogen-bond donors (Lipinski definition) is 2. The highest BCUT2D eigenvalue weighted by molar-refractivity contribution is 6.07. The number of carbonyl (C=O) groups is 2. The molecule has 1 aromatic rings. The average Bonchev–Trinajstić information content (AvgIpc) is 2.67. The number of nitrogens with one attached hydrogen (secondary N) is 1. The van der Waals surface area contributed by atoms with Gasteiger partial charge in [-0.1, -0.05) is 6.07 Å². The maximum Gasteiger partial charge on any atom is 0.325 e. The molecule has 3 amide bonds. The molecule has 7 heteroatoms. The second-order valence-corrected chi connectivity index (χ2v) is 5.37. The third kappa shape index (κ3) is 2.33. The maximum atomic E-state index is 13.8. The van der Waals surface area contributed by atoms with Gasteiger partial charge in [-0.15, -0.1) is 0 Å². The molecule has 2 heterocycles. The fraction of sp³-hybridized carbons (Fsp3) is 0.429. The highest BCUT2D eigenvalue weighted by atomic mass is 19.1. The van der Waals surface area contributed by atoms with Crippen LogP contribution in [0.1, 0.15) is 18.4 Å². The van der Waals surface area contributed by atoms with Crippen molar-refractivity contribution in [1.82, 2.24) is 10.2 Å². The monoisotopic (exact) mass is 293 g/mol. The molecule has 0 bridgehead atoms. The van der Waals surface area contributed by atoms with Crippen LogP contribution in [0.15, 0.2) is 18.2 Å². The minimum Gasteiger partial charge on any atom is -0.399 e. The van der Waals surface area contributed by atoms with Crippen LogP contribution >= 0.6 is 0 Å². The van der Waals surface area contributed by atoms with Crippen molar-refractivity contribution in [2.75, 3.05) is 18.9 Å². The number of amides is 3. The van der Waals surface area contributed by atoms with Gasteiger partial charge in [-0.25, -0.2) is 9.18 Å². The molecule has 6 nitrogen and oxygen atoms in total. The number of benzene rings is 1. The average molecular weight is 293 g/mol. The smallest absolute Gasteiger partial charge is 0.325 e. The van der Waals surface area contributed by atoms with Gasteiger partial charge in [0.1, 0.15) is 11.4 Å². The summed E-state index contributed by atoms with van der Waals surface area (Å²) in [6.45, 7) is 0.756. The van der Waals surface area contributed by atoms with Gasteiger partial charge in [0.2, 0.25) is 0 Å². The Hall–Kier alpha value is -2.15. The van der Waals surface area contributed by atoms with Crippen LogP contribution in [0.4, 0.5) is 14.9 Å². The Balaban J connectivity index is 1.82. The summed E-state index contributed by atoms with van der Waals surface area (Å²) in [4.78, 5) is 25.6. The molecule has 112 valence electrons. The van der Waals surface area contributed by atoms with Crippen molar-refractivity contribution >= 4 is 17.6 Å². The lowest BCUT2D eigenvalue weighted by Gasteiger charge is -2.30. The number of carbonyl (C=O) groups excluding carboxylic acids is 2. The first kappa shape index (κ1) is 13.8. The minimum atomic E-state index is -0.889. The summed E-state index contributed by atoms with van der Waals surface area (Å²) in [7, 11) is 0. The lowest BCUT2D eigenvalue weighted by molar-refractivity contribution is -0.134. The van der Waals surface area contributed by atoms with Gasteiger partial charge in [0, 0.05) is 37.3 Å². The summed E-state index contributed by atoms with van der Waals surface area (Å²) in [6.07, 6.45) is 0.886. The topological polar surface area (TPSA) is 84.7 Å². The van der Waals surface area contributed by atoms with E-state index >= 15 is 0 Å². The minimum absolute atomic E-state index is 0.0978. The van der Waals surface area contributed by atoms with E-state index in [-0.39, 0.29) is 18.0 Å². The van der Waals surface area contributed by atoms with Crippen molar-refractivity contribution in [2.24, 2.45) is 0 Å². The van der Waals surface area contributed by atoms with Gasteiger partial charge in [0.05, 0.1) is 6.54 Å². The van der Waals surface area contributed by atoms with Crippen molar-refractivity contribution in [3.63, 3.8) is 0 Å². The van der Waals surface area contributed by atoms with Gasteiger partial charge in [0.25, 0.3) is 5.91 Å². The van der Waals surface area contributed by atoms with Crippen molar-refractivity contribution in [3.05, 3.63) is 29.6 Å². The molecule has 0 unspecified atom stereocenters. The van der Waals surface area contributed by atoms with Crippen LogP contribution in [0.3, 0.4) is 0 Å². The Morgan fingerprint density at radius 2 is 2.05 bits per heavy atom. The number of anilines is 1. The molecular weight excluding hydrogens is 277 g/mol. The molecule has 0 aliphatic carbocycles. The molecule has 1 aromatic carbocycles. The molecule has 0 atom stereocenters. The van der Waals surface area contributed by atoms with E-state index in [0.29, 0.717) is 31.7 Å². The van der Waals surface area contributed by atoms with E-state index in [9.17, 15) is 14.0 Å². The SMILES string of the molecule is Nc1ccc(CN2C(=O)NC3(CCOCC3)C2=O)c(F)c1. The summed E-state index contributed by atoms with van der Waals surface area (Å²) in [5.41, 5.74) is 5.16. The molecule has 0 radical (unpaired) electrons. The zero-order valence-electron chi connectivity index (χ0n) is 11.4. The molecule has 21 heavy (non-hydrogen) atoms. The first-order valence-electron chi connectivity index (χ1n) is 6.78. The predicted molar refractivity (Wildman–Crippen MR) is 72.7 cm³/mol. The Morgan fingerprint density at radius 1 is 1.33 bits per heavy atom. The second kappa shape index (κ2) is 5.00. The summed E-state index contributed by atoms with van der Waals surface area (Å²) in [5, 5.41) is 2.73. The molecule has 2 aliphatic heterocycles. The number of halogens is 1. The Kier molecular flexibility index (Phi) is 3.29. The highest BCUT2D eigenvalue weighted by Gasteiger charge is 2.51. The molecule has 0 aromatic heterocycles. The summed E-state index contributed by atoms with van der Waals surface area (Å²) in [6, 6.07) is 3.72. The van der Waals surface area contributed by atoms with Crippen molar-refractivity contribution < 1.29 is 18.7 Å². The first-order valence-corrected chi connectivity index (χ1v) is 6.78. The molecular formula is C14H16FN3O3. The Labute approximate surface area is 121 Å². The van der Waals surface area contributed by atoms with Gasteiger partial charge in [-0.05, 0) is 12.1 Å². The number of nitrogens with zero attached hydrogens (tertiary/aromatic N) is 1. The molecule has 2 saturated heterocycles. The quantitative estimate of drug-likeness (QED) is 0.629. The van der Waals surface area contributed by atoms with Crippen LogP contribution in [-0.4, -0.2) is 35.6 Å². The third-order valence-corrected chi connectivity index (χ3v) is 4.00. The lowest BCUT2D eigenvalue weighted by atomic mass is 9.90. The summed E-state index contributed by atoms with van der Waals surface area (Å²) >= 11 is 0. The van der Waals surface area contributed by atoms with Crippen LogP contribution in [0.25, 0.3) is 0 Å². The number of urea groups is 1. The van der Waals surface area contributed by atoms with Gasteiger partial charge in [-0.2, -0.15) is 0 Å². The van der Waals surface area contributed by atoms with Crippen LogP contribution in [0.2, 0.25) is 0 Å². The van der Waals surface area contributed by atoms with E-state index in [0.717, 1.165) is 4.90 Å². The van der Waals surface area contributed by atoms with Gasteiger partial charge >= 0.3 is 6.03 Å². The predicted octanol–water partition coefficient (Wildman–Crippen LogP) is 1.01. The van der Waals surface area contributed by atoms with Crippen molar-refractivity contribution in [1.29, 1.82) is 0 Å². The van der Waals surface area contributed by atoms with Crippen molar-refractivity contribution in [3.8, 4) is 0 Å². The molecule has 3 rings (SSSR count). The number of rotatable bonds is 2. The number of nitrogen functional groups attached to an aromatic ring is 1. The second-order valence-electron chi connectivity index (χ2n) is 5.37. The van der Waals surface area contributed by atoms with E-state index in [1.54, 1.807) is 6.07 Å². The van der Waals surface area contributed by atoms with Crippen LogP contribution in [0, 0.1) is 5.82 Å².